The summed E-state index contributed by atoms with van der Waals surface area (Å²) < 4.78 is 5.34. The number of para-hydroxylation sites is 1. The molecule has 1 aromatic carbocycles. The number of rotatable bonds is 7. The summed E-state index contributed by atoms with van der Waals surface area (Å²) in [6, 6.07) is 9.09. The zero-order valence-electron chi connectivity index (χ0n) is 11.6. The van der Waals surface area contributed by atoms with Crippen molar-refractivity contribution in [3.63, 3.8) is 0 Å². The van der Waals surface area contributed by atoms with E-state index in [-0.39, 0.29) is 19.8 Å². The number of hydrogen-bond acceptors (Lipinski definition) is 6. The number of aliphatic hydroxyl groups is 2. The zero-order chi connectivity index (χ0) is 15.1. The molecule has 6 nitrogen and oxygen atoms in total. The molecule has 0 bridgehead atoms. The van der Waals surface area contributed by atoms with Gasteiger partial charge in [-0.15, -0.1) is 0 Å². The second-order valence-corrected chi connectivity index (χ2v) is 4.53. The van der Waals surface area contributed by atoms with Crippen LogP contribution in [0.3, 0.4) is 0 Å². The minimum Gasteiger partial charge on any atom is -0.423 e. The van der Waals surface area contributed by atoms with Gasteiger partial charge in [0.05, 0.1) is 19.8 Å². The van der Waals surface area contributed by atoms with Crippen molar-refractivity contribution in [2.24, 2.45) is 0 Å². The summed E-state index contributed by atoms with van der Waals surface area (Å²) in [6.45, 7) is 0.462. The lowest BCUT2D eigenvalue weighted by Crippen LogP contribution is -2.36. The van der Waals surface area contributed by atoms with Crippen LogP contribution in [-0.4, -0.2) is 58.9 Å². The van der Waals surface area contributed by atoms with Crippen LogP contribution in [0.25, 0.3) is 10.9 Å². The van der Waals surface area contributed by atoms with Crippen LogP contribution in [0.2, 0.25) is 0 Å². The molecule has 0 unspecified atom stereocenters. The molecule has 0 saturated carbocycles. The maximum absolute atomic E-state index is 12.0. The fourth-order valence-corrected chi connectivity index (χ4v) is 2.05. The summed E-state index contributed by atoms with van der Waals surface area (Å²) in [5.41, 5.74) is 0.629. The first-order chi connectivity index (χ1) is 10.2. The molecule has 1 aromatic heterocycles. The Balaban J connectivity index is 2.07. The number of carbonyl (C=O) groups is 1. The van der Waals surface area contributed by atoms with E-state index in [9.17, 15) is 4.79 Å². The van der Waals surface area contributed by atoms with Gasteiger partial charge >= 0.3 is 5.97 Å². The van der Waals surface area contributed by atoms with Crippen molar-refractivity contribution in [1.82, 2.24) is 9.88 Å². The summed E-state index contributed by atoms with van der Waals surface area (Å²) in [7, 11) is 0. The Kier molecular flexibility index (Phi) is 5.62. The highest BCUT2D eigenvalue weighted by Crippen LogP contribution is 2.22. The maximum Gasteiger partial charge on any atom is 0.325 e. The summed E-state index contributed by atoms with van der Waals surface area (Å²) in [5, 5.41) is 18.7. The van der Waals surface area contributed by atoms with Gasteiger partial charge in [-0.1, -0.05) is 18.2 Å². The predicted molar refractivity (Wildman–Crippen MR) is 78.0 cm³/mol. The van der Waals surface area contributed by atoms with Gasteiger partial charge in [-0.3, -0.25) is 14.7 Å². The zero-order valence-corrected chi connectivity index (χ0v) is 11.6. The van der Waals surface area contributed by atoms with Gasteiger partial charge in [0.15, 0.2) is 5.75 Å². The quantitative estimate of drug-likeness (QED) is 0.568. The summed E-state index contributed by atoms with van der Waals surface area (Å²) >= 11 is 0. The van der Waals surface area contributed by atoms with Gasteiger partial charge in [0, 0.05) is 24.7 Å². The molecule has 0 saturated heterocycles. The highest BCUT2D eigenvalue weighted by Gasteiger charge is 2.13. The highest BCUT2D eigenvalue weighted by molar-refractivity contribution is 5.87. The maximum atomic E-state index is 12.0. The van der Waals surface area contributed by atoms with Crippen molar-refractivity contribution in [1.29, 1.82) is 0 Å². The first kappa shape index (κ1) is 15.4. The van der Waals surface area contributed by atoms with Crippen molar-refractivity contribution < 1.29 is 19.7 Å². The molecule has 0 aliphatic heterocycles. The number of aliphatic hydroxyl groups excluding tert-OH is 2. The van der Waals surface area contributed by atoms with Gasteiger partial charge in [0.25, 0.3) is 0 Å². The third-order valence-electron chi connectivity index (χ3n) is 3.00. The van der Waals surface area contributed by atoms with Crippen molar-refractivity contribution >= 4 is 16.9 Å². The van der Waals surface area contributed by atoms with Gasteiger partial charge in [0.2, 0.25) is 0 Å². The predicted octanol–water partition coefficient (Wildman–Crippen LogP) is 0.427. The number of pyridine rings is 1. The van der Waals surface area contributed by atoms with Crippen molar-refractivity contribution in [3.8, 4) is 5.75 Å². The van der Waals surface area contributed by atoms with Gasteiger partial charge in [0.1, 0.15) is 5.52 Å². The first-order valence-corrected chi connectivity index (χ1v) is 6.73. The van der Waals surface area contributed by atoms with Crippen LogP contribution in [0.4, 0.5) is 0 Å². The summed E-state index contributed by atoms with van der Waals surface area (Å²) in [4.78, 5) is 17.8. The molecule has 0 fully saturated rings. The number of benzene rings is 1. The van der Waals surface area contributed by atoms with E-state index in [2.05, 4.69) is 4.98 Å². The number of nitrogens with zero attached hydrogens (tertiary/aromatic N) is 2. The average Bonchev–Trinajstić information content (AvgIpc) is 2.48. The number of carbonyl (C=O) groups excluding carboxylic acids is 1. The van der Waals surface area contributed by atoms with E-state index >= 15 is 0 Å². The number of ether oxygens (including phenoxy) is 1. The summed E-state index contributed by atoms with van der Waals surface area (Å²) in [6.07, 6.45) is 1.64. The molecule has 112 valence electrons. The van der Waals surface area contributed by atoms with E-state index in [4.69, 9.17) is 14.9 Å². The van der Waals surface area contributed by atoms with Crippen LogP contribution in [-0.2, 0) is 4.79 Å². The third-order valence-corrected chi connectivity index (χ3v) is 3.00. The Labute approximate surface area is 122 Å². The largest absolute Gasteiger partial charge is 0.423 e. The fourth-order valence-electron chi connectivity index (χ4n) is 2.05. The molecule has 6 heteroatoms. The second kappa shape index (κ2) is 7.68. The lowest BCUT2D eigenvalue weighted by atomic mass is 10.2. The third kappa shape index (κ3) is 4.22. The van der Waals surface area contributed by atoms with E-state index < -0.39 is 5.97 Å². The summed E-state index contributed by atoms with van der Waals surface area (Å²) in [5.74, 6) is -0.0406. The van der Waals surface area contributed by atoms with Gasteiger partial charge < -0.3 is 14.9 Å². The van der Waals surface area contributed by atoms with E-state index in [0.717, 1.165) is 5.39 Å². The van der Waals surface area contributed by atoms with Gasteiger partial charge in [-0.25, -0.2) is 0 Å². The second-order valence-electron chi connectivity index (χ2n) is 4.53. The molecular weight excluding hydrogens is 272 g/mol. The van der Waals surface area contributed by atoms with Crippen LogP contribution >= 0.6 is 0 Å². The van der Waals surface area contributed by atoms with E-state index in [1.54, 1.807) is 23.2 Å². The van der Waals surface area contributed by atoms with E-state index in [1.165, 1.54) is 0 Å². The monoisotopic (exact) mass is 290 g/mol. The molecule has 1 heterocycles. The van der Waals surface area contributed by atoms with E-state index in [1.807, 2.05) is 18.2 Å². The van der Waals surface area contributed by atoms with Crippen LogP contribution < -0.4 is 4.74 Å². The average molecular weight is 290 g/mol. The van der Waals surface area contributed by atoms with Crippen LogP contribution in [0, 0.1) is 0 Å². The smallest absolute Gasteiger partial charge is 0.325 e. The molecule has 0 spiro atoms. The van der Waals surface area contributed by atoms with Crippen molar-refractivity contribution in [3.05, 3.63) is 36.5 Å². The standard InChI is InChI=1S/C15H18N2O4/c18-9-7-17(8-10-19)11-14(20)21-13-5-1-3-12-4-2-6-16-15(12)13/h1-6,18-19H,7-11H2. The molecule has 21 heavy (non-hydrogen) atoms. The van der Waals surface area contributed by atoms with Crippen LogP contribution in [0.15, 0.2) is 36.5 Å². The Morgan fingerprint density at radius 3 is 2.57 bits per heavy atom. The normalized spacial score (nSPS) is 11.0. The SMILES string of the molecule is O=C(CN(CCO)CCO)Oc1cccc2cccnc12. The molecular formula is C15H18N2O4. The Morgan fingerprint density at radius 1 is 1.14 bits per heavy atom. The molecule has 2 N–H and O–H groups in total. The first-order valence-electron chi connectivity index (χ1n) is 6.73. The molecule has 2 rings (SSSR count). The topological polar surface area (TPSA) is 82.9 Å². The number of esters is 1. The molecule has 0 aliphatic rings. The molecule has 0 amide bonds. The Bertz CT molecular complexity index is 592. The number of fused-ring (bicyclic) bond motifs is 1. The number of hydrogen-bond donors (Lipinski definition) is 2. The van der Waals surface area contributed by atoms with Crippen molar-refractivity contribution in [2.75, 3.05) is 32.8 Å². The molecule has 0 atom stereocenters. The minimum absolute atomic E-state index is 0.00431. The molecule has 0 radical (unpaired) electrons. The van der Waals surface area contributed by atoms with Crippen LogP contribution in [0.1, 0.15) is 0 Å². The fraction of sp³-hybridized carbons (Fsp3) is 0.333. The van der Waals surface area contributed by atoms with Crippen molar-refractivity contribution in [2.45, 2.75) is 0 Å². The minimum atomic E-state index is -0.449. The van der Waals surface area contributed by atoms with E-state index in [0.29, 0.717) is 24.4 Å². The Morgan fingerprint density at radius 2 is 1.86 bits per heavy atom. The molecule has 2 aromatic rings. The van der Waals surface area contributed by atoms with Gasteiger partial charge in [-0.05, 0) is 12.1 Å². The Hall–Kier alpha value is -2.02. The highest BCUT2D eigenvalue weighted by atomic mass is 16.5. The van der Waals surface area contributed by atoms with Crippen LogP contribution in [0.5, 0.6) is 5.75 Å². The lowest BCUT2D eigenvalue weighted by Gasteiger charge is -2.18. The number of aromatic nitrogens is 1. The van der Waals surface area contributed by atoms with Gasteiger partial charge in [-0.2, -0.15) is 0 Å². The molecule has 0 aliphatic carbocycles. The lowest BCUT2D eigenvalue weighted by molar-refractivity contribution is -0.135.